The summed E-state index contributed by atoms with van der Waals surface area (Å²) in [5.41, 5.74) is -0.422. The fraction of sp³-hybridized carbons (Fsp3) is 0.933. The Kier molecular flexibility index (Phi) is 7.30. The highest BCUT2D eigenvalue weighted by Crippen LogP contribution is 2.28. The Morgan fingerprint density at radius 2 is 1.90 bits per heavy atom. The molecule has 118 valence electrons. The molecule has 1 rings (SSSR count). The molecule has 1 fully saturated rings. The van der Waals surface area contributed by atoms with E-state index in [1.54, 1.807) is 0 Å². The Bertz CT molecular complexity index is 289. The lowest BCUT2D eigenvalue weighted by Crippen LogP contribution is -2.53. The van der Waals surface area contributed by atoms with Crippen LogP contribution in [0.5, 0.6) is 0 Å². The second-order valence-corrected chi connectivity index (χ2v) is 6.49. The fourth-order valence-corrected chi connectivity index (χ4v) is 3.05. The third kappa shape index (κ3) is 5.67. The van der Waals surface area contributed by atoms with E-state index in [2.05, 4.69) is 24.5 Å². The van der Waals surface area contributed by atoms with Gasteiger partial charge in [-0.25, -0.2) is 4.79 Å². The van der Waals surface area contributed by atoms with Crippen LogP contribution in [-0.2, 0) is 0 Å². The first-order valence-electron chi connectivity index (χ1n) is 7.79. The maximum atomic E-state index is 12.0. The van der Waals surface area contributed by atoms with Crippen LogP contribution >= 0.6 is 0 Å². The quantitative estimate of drug-likeness (QED) is 0.547. The molecule has 0 radical (unpaired) electrons. The number of aliphatic hydroxyl groups is 2. The van der Waals surface area contributed by atoms with Crippen LogP contribution < -0.4 is 10.6 Å². The Morgan fingerprint density at radius 3 is 2.40 bits per heavy atom. The molecule has 1 atom stereocenters. The summed E-state index contributed by atoms with van der Waals surface area (Å²) in [7, 11) is 0. The lowest BCUT2D eigenvalue weighted by Gasteiger charge is -2.28. The van der Waals surface area contributed by atoms with E-state index in [-0.39, 0.29) is 19.2 Å². The van der Waals surface area contributed by atoms with Gasteiger partial charge in [0.2, 0.25) is 0 Å². The van der Waals surface area contributed by atoms with Crippen molar-refractivity contribution >= 4 is 6.03 Å². The van der Waals surface area contributed by atoms with Crippen molar-refractivity contribution in [2.45, 2.75) is 57.9 Å². The minimum Gasteiger partial charge on any atom is -0.396 e. The van der Waals surface area contributed by atoms with E-state index in [1.165, 1.54) is 0 Å². The maximum Gasteiger partial charge on any atom is 0.315 e. The van der Waals surface area contributed by atoms with Gasteiger partial charge in [-0.15, -0.1) is 0 Å². The van der Waals surface area contributed by atoms with Crippen LogP contribution in [0, 0.1) is 11.8 Å². The van der Waals surface area contributed by atoms with E-state index in [4.69, 9.17) is 5.11 Å². The molecule has 1 aliphatic rings. The fourth-order valence-electron chi connectivity index (χ4n) is 3.05. The van der Waals surface area contributed by atoms with Gasteiger partial charge in [-0.05, 0) is 37.5 Å². The first kappa shape index (κ1) is 17.2. The van der Waals surface area contributed by atoms with Crippen molar-refractivity contribution in [2.75, 3.05) is 19.8 Å². The average molecular weight is 286 g/mol. The van der Waals surface area contributed by atoms with Crippen LogP contribution in [0.3, 0.4) is 0 Å². The monoisotopic (exact) mass is 286 g/mol. The van der Waals surface area contributed by atoms with Crippen LogP contribution in [0.25, 0.3) is 0 Å². The number of hydrogen-bond donors (Lipinski definition) is 4. The molecule has 2 amide bonds. The van der Waals surface area contributed by atoms with Crippen LogP contribution in [0.15, 0.2) is 0 Å². The summed E-state index contributed by atoms with van der Waals surface area (Å²) in [4.78, 5) is 12.0. The van der Waals surface area contributed by atoms with Gasteiger partial charge in [-0.1, -0.05) is 26.7 Å². The topological polar surface area (TPSA) is 81.6 Å². The van der Waals surface area contributed by atoms with Crippen molar-refractivity contribution in [3.63, 3.8) is 0 Å². The van der Waals surface area contributed by atoms with Gasteiger partial charge in [-0.3, -0.25) is 0 Å². The van der Waals surface area contributed by atoms with E-state index in [1.807, 2.05) is 0 Å². The van der Waals surface area contributed by atoms with E-state index in [0.717, 1.165) is 32.1 Å². The summed E-state index contributed by atoms with van der Waals surface area (Å²) >= 11 is 0. The third-order valence-electron chi connectivity index (χ3n) is 4.14. The summed E-state index contributed by atoms with van der Waals surface area (Å²) in [6.07, 6.45) is 5.52. The number of aliphatic hydroxyl groups excluding tert-OH is 2. The molecule has 0 aliphatic heterocycles. The van der Waals surface area contributed by atoms with Crippen LogP contribution in [0.2, 0.25) is 0 Å². The van der Waals surface area contributed by atoms with E-state index >= 15 is 0 Å². The van der Waals surface area contributed by atoms with Crippen molar-refractivity contribution in [3.8, 4) is 0 Å². The summed E-state index contributed by atoms with van der Waals surface area (Å²) in [6.45, 7) is 5.02. The molecular weight excluding hydrogens is 256 g/mol. The number of carbonyl (C=O) groups excluding carboxylic acids is 1. The lowest BCUT2D eigenvalue weighted by atomic mass is 9.94. The molecule has 0 aromatic rings. The van der Waals surface area contributed by atoms with Gasteiger partial charge in [0.25, 0.3) is 0 Å². The van der Waals surface area contributed by atoms with E-state index in [0.29, 0.717) is 24.8 Å². The molecule has 0 aromatic carbocycles. The minimum atomic E-state index is -0.422. The van der Waals surface area contributed by atoms with Gasteiger partial charge in [0.05, 0.1) is 12.1 Å². The van der Waals surface area contributed by atoms with Crippen molar-refractivity contribution < 1.29 is 15.0 Å². The molecule has 0 bridgehead atoms. The first-order valence-corrected chi connectivity index (χ1v) is 7.79. The first-order chi connectivity index (χ1) is 9.51. The zero-order valence-corrected chi connectivity index (χ0v) is 12.8. The van der Waals surface area contributed by atoms with Crippen molar-refractivity contribution in [3.05, 3.63) is 0 Å². The predicted octanol–water partition coefficient (Wildman–Crippen LogP) is 1.64. The summed E-state index contributed by atoms with van der Waals surface area (Å²) in [5, 5.41) is 24.3. The highest BCUT2D eigenvalue weighted by Gasteiger charge is 2.34. The number of hydrogen-bond acceptors (Lipinski definition) is 3. The molecule has 0 spiro atoms. The normalized spacial score (nSPS) is 19.1. The van der Waals surface area contributed by atoms with Crippen molar-refractivity contribution in [2.24, 2.45) is 11.8 Å². The zero-order chi connectivity index (χ0) is 15.0. The zero-order valence-electron chi connectivity index (χ0n) is 12.8. The van der Waals surface area contributed by atoms with Crippen LogP contribution in [0.4, 0.5) is 4.79 Å². The molecule has 1 saturated carbocycles. The molecule has 0 aromatic heterocycles. The highest BCUT2D eigenvalue weighted by atomic mass is 16.3. The summed E-state index contributed by atoms with van der Waals surface area (Å²) < 4.78 is 0. The van der Waals surface area contributed by atoms with Crippen molar-refractivity contribution in [1.29, 1.82) is 0 Å². The van der Waals surface area contributed by atoms with Gasteiger partial charge in [0.15, 0.2) is 0 Å². The van der Waals surface area contributed by atoms with Gasteiger partial charge in [-0.2, -0.15) is 0 Å². The number of carbonyl (C=O) groups is 1. The van der Waals surface area contributed by atoms with Crippen LogP contribution in [-0.4, -0.2) is 41.5 Å². The highest BCUT2D eigenvalue weighted by molar-refractivity contribution is 5.74. The molecule has 4 N–H and O–H groups in total. The molecule has 1 unspecified atom stereocenters. The number of nitrogens with one attached hydrogen (secondary N) is 2. The SMILES string of the molecule is CC(C)CC(CCO)CNC(=O)NC1(CO)CCCC1. The molecule has 1 aliphatic carbocycles. The smallest absolute Gasteiger partial charge is 0.315 e. The maximum absolute atomic E-state index is 12.0. The number of rotatable bonds is 8. The second-order valence-electron chi connectivity index (χ2n) is 6.49. The second kappa shape index (κ2) is 8.47. The Hall–Kier alpha value is -0.810. The lowest BCUT2D eigenvalue weighted by molar-refractivity contribution is 0.161. The Balaban J connectivity index is 2.36. The Labute approximate surface area is 122 Å². The molecule has 20 heavy (non-hydrogen) atoms. The van der Waals surface area contributed by atoms with Crippen molar-refractivity contribution in [1.82, 2.24) is 10.6 Å². The van der Waals surface area contributed by atoms with Crippen LogP contribution in [0.1, 0.15) is 52.4 Å². The van der Waals surface area contributed by atoms with Gasteiger partial charge in [0.1, 0.15) is 0 Å². The largest absolute Gasteiger partial charge is 0.396 e. The van der Waals surface area contributed by atoms with Gasteiger partial charge < -0.3 is 20.8 Å². The number of amides is 2. The van der Waals surface area contributed by atoms with Gasteiger partial charge in [0, 0.05) is 13.2 Å². The minimum absolute atomic E-state index is 0.00643. The Morgan fingerprint density at radius 1 is 1.25 bits per heavy atom. The summed E-state index contributed by atoms with van der Waals surface area (Å²) in [6, 6.07) is -0.201. The molecule has 0 heterocycles. The molecule has 5 nitrogen and oxygen atoms in total. The van der Waals surface area contributed by atoms with E-state index in [9.17, 15) is 9.90 Å². The standard InChI is InChI=1S/C15H30N2O3/c1-12(2)9-13(5-8-18)10-16-14(20)17-15(11-19)6-3-4-7-15/h12-13,18-19H,3-11H2,1-2H3,(H2,16,17,20). The predicted molar refractivity (Wildman–Crippen MR) is 79.5 cm³/mol. The van der Waals surface area contributed by atoms with E-state index < -0.39 is 5.54 Å². The average Bonchev–Trinajstić information content (AvgIpc) is 2.85. The molecular formula is C15H30N2O3. The summed E-state index contributed by atoms with van der Waals surface area (Å²) in [5.74, 6) is 0.856. The molecule has 0 saturated heterocycles. The third-order valence-corrected chi connectivity index (χ3v) is 4.14. The van der Waals surface area contributed by atoms with Gasteiger partial charge >= 0.3 is 6.03 Å². The molecule has 5 heteroatoms. The number of urea groups is 1.